The predicted octanol–water partition coefficient (Wildman–Crippen LogP) is 1.74. The zero-order valence-electron chi connectivity index (χ0n) is 11.9. The summed E-state index contributed by atoms with van der Waals surface area (Å²) in [6.45, 7) is 4.39. The number of benzene rings is 1. The first-order chi connectivity index (χ1) is 9.43. The fraction of sp³-hybridized carbons (Fsp3) is 0.467. The van der Waals surface area contributed by atoms with E-state index >= 15 is 0 Å². The number of rotatable bonds is 7. The molecule has 0 heterocycles. The number of aliphatic carboxylic acids is 1. The summed E-state index contributed by atoms with van der Waals surface area (Å²) in [5.74, 6) is -1.24. The lowest BCUT2D eigenvalue weighted by Crippen LogP contribution is -2.34. The van der Waals surface area contributed by atoms with Gasteiger partial charge in [0.2, 0.25) is 5.91 Å². The molecule has 0 bridgehead atoms. The van der Waals surface area contributed by atoms with Gasteiger partial charge in [0.25, 0.3) is 0 Å². The van der Waals surface area contributed by atoms with Crippen LogP contribution in [0.25, 0.3) is 0 Å². The minimum atomic E-state index is -0.992. The Morgan fingerprint density at radius 3 is 2.30 bits per heavy atom. The van der Waals surface area contributed by atoms with Gasteiger partial charge in [-0.25, -0.2) is 0 Å². The number of aliphatic hydroxyl groups is 1. The smallest absolute Gasteiger partial charge is 0.303 e. The lowest BCUT2D eigenvalue weighted by molar-refractivity contribution is -0.141. The maximum atomic E-state index is 11.9. The Hall–Kier alpha value is -1.88. The lowest BCUT2D eigenvalue weighted by atomic mass is 10.1. The third-order valence-corrected chi connectivity index (χ3v) is 3.14. The zero-order valence-corrected chi connectivity index (χ0v) is 11.9. The summed E-state index contributed by atoms with van der Waals surface area (Å²) >= 11 is 0. The number of hydrogen-bond donors (Lipinski definition) is 2. The van der Waals surface area contributed by atoms with Gasteiger partial charge in [0.05, 0.1) is 19.1 Å². The third kappa shape index (κ3) is 5.01. The molecule has 1 aromatic carbocycles. The van der Waals surface area contributed by atoms with Crippen molar-refractivity contribution in [3.8, 4) is 0 Å². The van der Waals surface area contributed by atoms with Crippen molar-refractivity contribution in [1.82, 2.24) is 4.90 Å². The first-order valence-corrected chi connectivity index (χ1v) is 6.68. The second-order valence-corrected chi connectivity index (χ2v) is 4.75. The number of aliphatic hydroxyl groups excluding tert-OH is 1. The van der Waals surface area contributed by atoms with E-state index in [1.165, 1.54) is 4.90 Å². The molecular weight excluding hydrogens is 258 g/mol. The van der Waals surface area contributed by atoms with Crippen molar-refractivity contribution in [2.45, 2.75) is 32.8 Å². The Morgan fingerprint density at radius 2 is 1.80 bits per heavy atom. The SMILES string of the molecule is CCN(CC(O)c1ccc(C)cc1)C(=O)CCC(=O)O. The van der Waals surface area contributed by atoms with Gasteiger partial charge in [-0.1, -0.05) is 29.8 Å². The number of carbonyl (C=O) groups excluding carboxylic acids is 1. The summed E-state index contributed by atoms with van der Waals surface area (Å²) in [7, 11) is 0. The van der Waals surface area contributed by atoms with Gasteiger partial charge >= 0.3 is 5.97 Å². The molecule has 0 radical (unpaired) electrons. The molecular formula is C15H21NO4. The summed E-state index contributed by atoms with van der Waals surface area (Å²) in [5.41, 5.74) is 1.85. The van der Waals surface area contributed by atoms with Crippen LogP contribution in [-0.4, -0.2) is 40.1 Å². The molecule has 20 heavy (non-hydrogen) atoms. The van der Waals surface area contributed by atoms with Crippen molar-refractivity contribution < 1.29 is 19.8 Å². The molecule has 0 saturated carbocycles. The maximum absolute atomic E-state index is 11.9. The van der Waals surface area contributed by atoms with E-state index in [-0.39, 0.29) is 25.3 Å². The Morgan fingerprint density at radius 1 is 1.20 bits per heavy atom. The number of aryl methyl sites for hydroxylation is 1. The Bertz CT molecular complexity index is 455. The molecule has 0 aliphatic carbocycles. The van der Waals surface area contributed by atoms with E-state index in [1.807, 2.05) is 31.2 Å². The predicted molar refractivity (Wildman–Crippen MR) is 75.3 cm³/mol. The average molecular weight is 279 g/mol. The summed E-state index contributed by atoms with van der Waals surface area (Å²) in [6, 6.07) is 7.47. The Kier molecular flexibility index (Phi) is 6.18. The van der Waals surface area contributed by atoms with Gasteiger partial charge in [-0.2, -0.15) is 0 Å². The summed E-state index contributed by atoms with van der Waals surface area (Å²) in [4.78, 5) is 23.8. The standard InChI is InChI=1S/C15H21NO4/c1-3-16(14(18)8-9-15(19)20)10-13(17)12-6-4-11(2)5-7-12/h4-7,13,17H,3,8-10H2,1-2H3,(H,19,20). The molecule has 0 spiro atoms. The lowest BCUT2D eigenvalue weighted by Gasteiger charge is -2.24. The van der Waals surface area contributed by atoms with Gasteiger partial charge < -0.3 is 15.1 Å². The molecule has 0 aliphatic rings. The van der Waals surface area contributed by atoms with Crippen molar-refractivity contribution in [3.05, 3.63) is 35.4 Å². The van der Waals surface area contributed by atoms with E-state index in [2.05, 4.69) is 0 Å². The van der Waals surface area contributed by atoms with E-state index in [9.17, 15) is 14.7 Å². The Balaban J connectivity index is 2.60. The quantitative estimate of drug-likeness (QED) is 0.797. The van der Waals surface area contributed by atoms with E-state index in [0.717, 1.165) is 11.1 Å². The Labute approximate surface area is 118 Å². The molecule has 110 valence electrons. The number of carboxylic acid groups (broad SMARTS) is 1. The number of amides is 1. The highest BCUT2D eigenvalue weighted by molar-refractivity contribution is 5.80. The monoisotopic (exact) mass is 279 g/mol. The van der Waals surface area contributed by atoms with Crippen LogP contribution < -0.4 is 0 Å². The van der Waals surface area contributed by atoms with Crippen LogP contribution in [0.2, 0.25) is 0 Å². The second-order valence-electron chi connectivity index (χ2n) is 4.75. The van der Waals surface area contributed by atoms with Gasteiger partial charge in [0.15, 0.2) is 0 Å². The third-order valence-electron chi connectivity index (χ3n) is 3.14. The summed E-state index contributed by atoms with van der Waals surface area (Å²) < 4.78 is 0. The zero-order chi connectivity index (χ0) is 15.1. The molecule has 0 aromatic heterocycles. The largest absolute Gasteiger partial charge is 0.481 e. The van der Waals surface area contributed by atoms with Gasteiger partial charge in [-0.05, 0) is 19.4 Å². The van der Waals surface area contributed by atoms with E-state index in [1.54, 1.807) is 6.92 Å². The molecule has 0 fully saturated rings. The molecule has 1 aromatic rings. The van der Waals surface area contributed by atoms with Crippen molar-refractivity contribution >= 4 is 11.9 Å². The van der Waals surface area contributed by atoms with Gasteiger partial charge in [-0.15, -0.1) is 0 Å². The highest BCUT2D eigenvalue weighted by Crippen LogP contribution is 2.15. The maximum Gasteiger partial charge on any atom is 0.303 e. The van der Waals surface area contributed by atoms with Crippen LogP contribution in [0.4, 0.5) is 0 Å². The fourth-order valence-electron chi connectivity index (χ4n) is 1.88. The summed E-state index contributed by atoms with van der Waals surface area (Å²) in [6.07, 6.45) is -0.982. The number of likely N-dealkylation sites (N-methyl/N-ethyl adjacent to an activating group) is 1. The fourth-order valence-corrected chi connectivity index (χ4v) is 1.88. The minimum Gasteiger partial charge on any atom is -0.481 e. The number of carbonyl (C=O) groups is 2. The molecule has 1 amide bonds. The van der Waals surface area contributed by atoms with Gasteiger partial charge in [0.1, 0.15) is 0 Å². The van der Waals surface area contributed by atoms with Gasteiger partial charge in [-0.3, -0.25) is 9.59 Å². The topological polar surface area (TPSA) is 77.8 Å². The van der Waals surface area contributed by atoms with Crippen LogP contribution in [0.3, 0.4) is 0 Å². The molecule has 1 atom stereocenters. The normalized spacial score (nSPS) is 11.9. The van der Waals surface area contributed by atoms with Crippen molar-refractivity contribution in [2.24, 2.45) is 0 Å². The second kappa shape index (κ2) is 7.65. The first kappa shape index (κ1) is 16.2. The van der Waals surface area contributed by atoms with Crippen LogP contribution >= 0.6 is 0 Å². The number of nitrogens with zero attached hydrogens (tertiary/aromatic N) is 1. The van der Waals surface area contributed by atoms with E-state index in [0.29, 0.717) is 6.54 Å². The highest BCUT2D eigenvalue weighted by Gasteiger charge is 2.17. The molecule has 1 rings (SSSR count). The van der Waals surface area contributed by atoms with E-state index in [4.69, 9.17) is 5.11 Å². The molecule has 5 nitrogen and oxygen atoms in total. The van der Waals surface area contributed by atoms with E-state index < -0.39 is 12.1 Å². The molecule has 2 N–H and O–H groups in total. The molecule has 5 heteroatoms. The minimum absolute atomic E-state index is 0.0379. The first-order valence-electron chi connectivity index (χ1n) is 6.68. The summed E-state index contributed by atoms with van der Waals surface area (Å²) in [5, 5.41) is 18.7. The van der Waals surface area contributed by atoms with Crippen molar-refractivity contribution in [1.29, 1.82) is 0 Å². The van der Waals surface area contributed by atoms with Crippen LogP contribution in [0.5, 0.6) is 0 Å². The highest BCUT2D eigenvalue weighted by atomic mass is 16.4. The molecule has 1 unspecified atom stereocenters. The number of hydrogen-bond acceptors (Lipinski definition) is 3. The molecule has 0 aliphatic heterocycles. The van der Waals surface area contributed by atoms with Crippen LogP contribution in [-0.2, 0) is 9.59 Å². The van der Waals surface area contributed by atoms with Crippen LogP contribution in [0.1, 0.15) is 37.0 Å². The average Bonchev–Trinajstić information content (AvgIpc) is 2.42. The van der Waals surface area contributed by atoms with Crippen LogP contribution in [0, 0.1) is 6.92 Å². The molecule has 0 saturated heterocycles. The van der Waals surface area contributed by atoms with Gasteiger partial charge in [0, 0.05) is 13.0 Å². The van der Waals surface area contributed by atoms with Crippen molar-refractivity contribution in [2.75, 3.05) is 13.1 Å². The number of carboxylic acids is 1. The van der Waals surface area contributed by atoms with Crippen molar-refractivity contribution in [3.63, 3.8) is 0 Å². The van der Waals surface area contributed by atoms with Crippen LogP contribution in [0.15, 0.2) is 24.3 Å².